The molecule has 3 heteroatoms. The molecule has 0 aliphatic heterocycles. The number of rotatable bonds is 4. The number of anilines is 1. The first-order valence-electron chi connectivity index (χ1n) is 8.19. The SMILES string of the molecule is CCN(C(C)=O)c1ccc(OC23CCC(CC2)CC3)cc1. The molecule has 0 atom stereocenters. The largest absolute Gasteiger partial charge is 0.487 e. The summed E-state index contributed by atoms with van der Waals surface area (Å²) in [5.74, 6) is 1.97. The molecule has 3 aliphatic rings. The normalized spacial score (nSPS) is 27.4. The zero-order valence-electron chi connectivity index (χ0n) is 13.1. The smallest absolute Gasteiger partial charge is 0.223 e. The molecule has 0 spiro atoms. The zero-order valence-corrected chi connectivity index (χ0v) is 13.1. The molecule has 3 nitrogen and oxygen atoms in total. The van der Waals surface area contributed by atoms with Crippen molar-refractivity contribution in [2.45, 2.75) is 58.0 Å². The Hall–Kier alpha value is -1.51. The number of nitrogens with zero attached hydrogens (tertiary/aromatic N) is 1. The predicted octanol–water partition coefficient (Wildman–Crippen LogP) is 4.16. The number of hydrogen-bond donors (Lipinski definition) is 0. The second kappa shape index (κ2) is 5.70. The maximum atomic E-state index is 11.6. The number of carbonyl (C=O) groups is 1. The van der Waals surface area contributed by atoms with E-state index in [0.717, 1.165) is 17.4 Å². The summed E-state index contributed by atoms with van der Waals surface area (Å²) >= 11 is 0. The van der Waals surface area contributed by atoms with Crippen LogP contribution in [0.25, 0.3) is 0 Å². The van der Waals surface area contributed by atoms with E-state index in [2.05, 4.69) is 0 Å². The molecule has 0 N–H and O–H groups in total. The van der Waals surface area contributed by atoms with Crippen molar-refractivity contribution in [1.29, 1.82) is 0 Å². The van der Waals surface area contributed by atoms with Gasteiger partial charge < -0.3 is 9.64 Å². The summed E-state index contributed by atoms with van der Waals surface area (Å²) in [5, 5.41) is 0. The summed E-state index contributed by atoms with van der Waals surface area (Å²) < 4.78 is 6.36. The number of carbonyl (C=O) groups excluding carboxylic acids is 1. The Balaban J connectivity index is 1.71. The number of hydrogen-bond acceptors (Lipinski definition) is 2. The van der Waals surface area contributed by atoms with Crippen LogP contribution < -0.4 is 9.64 Å². The van der Waals surface area contributed by atoms with Gasteiger partial charge in [-0.2, -0.15) is 0 Å². The predicted molar refractivity (Wildman–Crippen MR) is 84.7 cm³/mol. The first-order valence-corrected chi connectivity index (χ1v) is 8.19. The molecule has 114 valence electrons. The van der Waals surface area contributed by atoms with Gasteiger partial charge in [0.25, 0.3) is 0 Å². The number of fused-ring (bicyclic) bond motifs is 3. The molecule has 3 saturated carbocycles. The van der Waals surface area contributed by atoms with Gasteiger partial charge in [-0.25, -0.2) is 0 Å². The summed E-state index contributed by atoms with van der Waals surface area (Å²) in [6.07, 6.45) is 7.58. The van der Waals surface area contributed by atoms with Gasteiger partial charge in [-0.3, -0.25) is 4.79 Å². The van der Waals surface area contributed by atoms with Crippen LogP contribution in [0.1, 0.15) is 52.4 Å². The molecule has 1 aromatic rings. The van der Waals surface area contributed by atoms with Crippen LogP contribution in [0.3, 0.4) is 0 Å². The van der Waals surface area contributed by atoms with E-state index in [-0.39, 0.29) is 11.5 Å². The fraction of sp³-hybridized carbons (Fsp3) is 0.611. The first-order chi connectivity index (χ1) is 10.1. The Bertz CT molecular complexity index is 487. The minimum Gasteiger partial charge on any atom is -0.487 e. The molecular formula is C18H25NO2. The third kappa shape index (κ3) is 2.92. The van der Waals surface area contributed by atoms with Crippen LogP contribution in [0.15, 0.2) is 24.3 Å². The minimum absolute atomic E-state index is 0.0790. The Morgan fingerprint density at radius 3 is 2.24 bits per heavy atom. The van der Waals surface area contributed by atoms with E-state index in [9.17, 15) is 4.79 Å². The van der Waals surface area contributed by atoms with Crippen molar-refractivity contribution in [3.05, 3.63) is 24.3 Å². The van der Waals surface area contributed by atoms with E-state index in [0.29, 0.717) is 6.54 Å². The van der Waals surface area contributed by atoms with Gasteiger partial charge in [-0.1, -0.05) is 0 Å². The van der Waals surface area contributed by atoms with Gasteiger partial charge in [0.05, 0.1) is 0 Å². The lowest BCUT2D eigenvalue weighted by atomic mass is 9.68. The molecule has 4 rings (SSSR count). The lowest BCUT2D eigenvalue weighted by molar-refractivity contribution is -0.116. The van der Waals surface area contributed by atoms with Crippen LogP contribution in [-0.2, 0) is 4.79 Å². The molecule has 0 saturated heterocycles. The summed E-state index contributed by atoms with van der Waals surface area (Å²) in [4.78, 5) is 13.3. The summed E-state index contributed by atoms with van der Waals surface area (Å²) in [5.41, 5.74) is 1.03. The fourth-order valence-electron chi connectivity index (χ4n) is 3.89. The molecule has 1 amide bonds. The Morgan fingerprint density at radius 1 is 1.19 bits per heavy atom. The molecule has 0 unspecified atom stereocenters. The van der Waals surface area contributed by atoms with Gasteiger partial charge in [0.1, 0.15) is 11.4 Å². The first kappa shape index (κ1) is 14.4. The molecular weight excluding hydrogens is 262 g/mol. The van der Waals surface area contributed by atoms with Crippen LogP contribution >= 0.6 is 0 Å². The monoisotopic (exact) mass is 287 g/mol. The van der Waals surface area contributed by atoms with Crippen molar-refractivity contribution in [2.24, 2.45) is 5.92 Å². The lowest BCUT2D eigenvalue weighted by Gasteiger charge is -2.46. The van der Waals surface area contributed by atoms with E-state index in [1.165, 1.54) is 38.5 Å². The molecule has 2 bridgehead atoms. The maximum Gasteiger partial charge on any atom is 0.223 e. The standard InChI is InChI=1S/C18H25NO2/c1-3-19(14(2)20)16-4-6-17(7-5-16)21-18-11-8-15(9-12-18)10-13-18/h4-7,15H,3,8-13H2,1-2H3. The van der Waals surface area contributed by atoms with E-state index in [1.54, 1.807) is 11.8 Å². The molecule has 0 aromatic heterocycles. The molecule has 3 aliphatic carbocycles. The van der Waals surface area contributed by atoms with E-state index < -0.39 is 0 Å². The van der Waals surface area contributed by atoms with Crippen molar-refractivity contribution >= 4 is 11.6 Å². The van der Waals surface area contributed by atoms with Gasteiger partial charge in [0, 0.05) is 19.2 Å². The molecule has 3 fully saturated rings. The van der Waals surface area contributed by atoms with Crippen LogP contribution in [-0.4, -0.2) is 18.1 Å². The van der Waals surface area contributed by atoms with Gasteiger partial charge in [-0.05, 0) is 75.6 Å². The van der Waals surface area contributed by atoms with Crippen LogP contribution in [0.4, 0.5) is 5.69 Å². The number of amides is 1. The molecule has 0 heterocycles. The van der Waals surface area contributed by atoms with Gasteiger partial charge >= 0.3 is 0 Å². The fourth-order valence-corrected chi connectivity index (χ4v) is 3.89. The molecule has 0 radical (unpaired) electrons. The highest BCUT2D eigenvalue weighted by Gasteiger charge is 2.42. The van der Waals surface area contributed by atoms with Crippen molar-refractivity contribution in [2.75, 3.05) is 11.4 Å². The highest BCUT2D eigenvalue weighted by Crippen LogP contribution is 2.46. The van der Waals surface area contributed by atoms with Gasteiger partial charge in [0.15, 0.2) is 0 Å². The highest BCUT2D eigenvalue weighted by atomic mass is 16.5. The average Bonchev–Trinajstić information content (AvgIpc) is 2.51. The second-order valence-electron chi connectivity index (χ2n) is 6.52. The summed E-state index contributed by atoms with van der Waals surface area (Å²) in [7, 11) is 0. The van der Waals surface area contributed by atoms with E-state index in [1.807, 2.05) is 31.2 Å². The van der Waals surface area contributed by atoms with E-state index in [4.69, 9.17) is 4.74 Å². The highest BCUT2D eigenvalue weighted by molar-refractivity contribution is 5.91. The Kier molecular flexibility index (Phi) is 3.92. The minimum atomic E-state index is 0.0790. The number of ether oxygens (including phenoxy) is 1. The number of benzene rings is 1. The van der Waals surface area contributed by atoms with Crippen LogP contribution in [0.5, 0.6) is 5.75 Å². The van der Waals surface area contributed by atoms with Crippen molar-refractivity contribution in [3.8, 4) is 5.75 Å². The topological polar surface area (TPSA) is 29.5 Å². The third-order valence-corrected chi connectivity index (χ3v) is 5.20. The van der Waals surface area contributed by atoms with Gasteiger partial charge in [-0.15, -0.1) is 0 Å². The quantitative estimate of drug-likeness (QED) is 0.832. The van der Waals surface area contributed by atoms with Gasteiger partial charge in [0.2, 0.25) is 5.91 Å². The van der Waals surface area contributed by atoms with Crippen molar-refractivity contribution < 1.29 is 9.53 Å². The zero-order chi connectivity index (χ0) is 14.9. The lowest BCUT2D eigenvalue weighted by Crippen LogP contribution is -2.44. The van der Waals surface area contributed by atoms with Crippen molar-refractivity contribution in [3.63, 3.8) is 0 Å². The second-order valence-corrected chi connectivity index (χ2v) is 6.52. The Labute approximate surface area is 127 Å². The summed E-state index contributed by atoms with van der Waals surface area (Å²) in [6.45, 7) is 4.29. The third-order valence-electron chi connectivity index (χ3n) is 5.20. The van der Waals surface area contributed by atoms with Crippen molar-refractivity contribution in [1.82, 2.24) is 0 Å². The maximum absolute atomic E-state index is 11.6. The molecule has 1 aromatic carbocycles. The van der Waals surface area contributed by atoms with Crippen LogP contribution in [0, 0.1) is 5.92 Å². The molecule has 21 heavy (non-hydrogen) atoms. The Morgan fingerprint density at radius 2 is 1.76 bits per heavy atom. The average molecular weight is 287 g/mol. The van der Waals surface area contributed by atoms with Crippen LogP contribution in [0.2, 0.25) is 0 Å². The van der Waals surface area contributed by atoms with E-state index >= 15 is 0 Å². The summed E-state index contributed by atoms with van der Waals surface area (Å²) in [6, 6.07) is 8.00.